The van der Waals surface area contributed by atoms with E-state index in [2.05, 4.69) is 10.0 Å². The van der Waals surface area contributed by atoms with Crippen molar-refractivity contribution in [3.05, 3.63) is 58.4 Å². The molecule has 0 aliphatic heterocycles. The van der Waals surface area contributed by atoms with E-state index in [1.54, 1.807) is 0 Å². The van der Waals surface area contributed by atoms with E-state index < -0.39 is 31.3 Å². The van der Waals surface area contributed by atoms with Crippen molar-refractivity contribution in [2.24, 2.45) is 0 Å². The molecule has 2 aromatic rings. The van der Waals surface area contributed by atoms with Crippen molar-refractivity contribution in [1.82, 2.24) is 0 Å². The summed E-state index contributed by atoms with van der Waals surface area (Å²) < 4.78 is 40.0. The van der Waals surface area contributed by atoms with Crippen molar-refractivity contribution in [2.75, 3.05) is 10.0 Å². The van der Waals surface area contributed by atoms with Crippen LogP contribution in [-0.2, 0) is 14.8 Å². The maximum Gasteiger partial charge on any atom is 0.306 e. The smallest absolute Gasteiger partial charge is 0.306 e. The fraction of sp³-hybridized carbons (Fsp3) is 0.0714. The molecule has 0 unspecified atom stereocenters. The zero-order chi connectivity index (χ0) is 17.9. The first-order valence-corrected chi connectivity index (χ1v) is 8.02. The predicted molar refractivity (Wildman–Crippen MR) is 84.6 cm³/mol. The molecule has 2 N–H and O–H groups in total. The van der Waals surface area contributed by atoms with Crippen LogP contribution in [0, 0.1) is 15.9 Å². The Kier molecular flexibility index (Phi) is 4.79. The van der Waals surface area contributed by atoms with Gasteiger partial charge in [0.1, 0.15) is 0 Å². The SMILES string of the molecule is CC(=O)Nc1ccc(NS(=O)(=O)c2ccc(F)c([N+](=O)[O-])c2)cc1. The number of halogens is 1. The van der Waals surface area contributed by atoms with Crippen LogP contribution in [0.1, 0.15) is 6.92 Å². The molecule has 0 saturated carbocycles. The summed E-state index contributed by atoms with van der Waals surface area (Å²) in [5, 5.41) is 13.2. The van der Waals surface area contributed by atoms with Gasteiger partial charge in [-0.1, -0.05) is 0 Å². The summed E-state index contributed by atoms with van der Waals surface area (Å²) in [5.74, 6) is -1.40. The second-order valence-electron chi connectivity index (χ2n) is 4.73. The molecular formula is C14H12FN3O5S. The van der Waals surface area contributed by atoms with E-state index in [4.69, 9.17) is 0 Å². The number of nitro benzene ring substituents is 1. The number of carbonyl (C=O) groups is 1. The number of nitrogens with one attached hydrogen (secondary N) is 2. The van der Waals surface area contributed by atoms with Crippen LogP contribution in [0.2, 0.25) is 0 Å². The lowest BCUT2D eigenvalue weighted by Crippen LogP contribution is -2.13. The van der Waals surface area contributed by atoms with Crippen molar-refractivity contribution in [3.8, 4) is 0 Å². The number of hydrogen-bond acceptors (Lipinski definition) is 5. The van der Waals surface area contributed by atoms with Crippen LogP contribution >= 0.6 is 0 Å². The highest BCUT2D eigenvalue weighted by Gasteiger charge is 2.21. The van der Waals surface area contributed by atoms with Gasteiger partial charge in [-0.25, -0.2) is 8.42 Å². The lowest BCUT2D eigenvalue weighted by molar-refractivity contribution is -0.387. The number of amides is 1. The van der Waals surface area contributed by atoms with Gasteiger partial charge in [0.2, 0.25) is 11.7 Å². The quantitative estimate of drug-likeness (QED) is 0.632. The standard InChI is InChI=1S/C14H12FN3O5S/c1-9(19)16-10-2-4-11(5-3-10)17-24(22,23)12-6-7-13(15)14(8-12)18(20)21/h2-8,17H,1H3,(H,16,19). The third-order valence-electron chi connectivity index (χ3n) is 2.88. The lowest BCUT2D eigenvalue weighted by atomic mass is 10.3. The van der Waals surface area contributed by atoms with Gasteiger partial charge in [0, 0.05) is 24.4 Å². The molecule has 8 nitrogen and oxygen atoms in total. The molecule has 0 saturated heterocycles. The number of nitrogens with zero attached hydrogens (tertiary/aromatic N) is 1. The van der Waals surface area contributed by atoms with Gasteiger partial charge in [0.25, 0.3) is 10.0 Å². The lowest BCUT2D eigenvalue weighted by Gasteiger charge is -2.09. The number of rotatable bonds is 5. The fourth-order valence-corrected chi connectivity index (χ4v) is 2.92. The van der Waals surface area contributed by atoms with Crippen LogP contribution in [-0.4, -0.2) is 19.2 Å². The average Bonchev–Trinajstić information content (AvgIpc) is 2.48. The van der Waals surface area contributed by atoms with Gasteiger partial charge < -0.3 is 5.32 Å². The molecule has 0 aromatic heterocycles. The van der Waals surface area contributed by atoms with Crippen LogP contribution < -0.4 is 10.0 Å². The van der Waals surface area contributed by atoms with Crippen LogP contribution in [0.4, 0.5) is 21.5 Å². The van der Waals surface area contributed by atoms with Crippen molar-refractivity contribution in [2.45, 2.75) is 11.8 Å². The number of carbonyl (C=O) groups excluding carboxylic acids is 1. The molecule has 0 heterocycles. The number of nitro groups is 1. The summed E-state index contributed by atoms with van der Waals surface area (Å²) in [6.07, 6.45) is 0. The molecule has 1 amide bonds. The first kappa shape index (κ1) is 17.3. The minimum atomic E-state index is -4.13. The Balaban J connectivity index is 2.27. The molecule has 24 heavy (non-hydrogen) atoms. The largest absolute Gasteiger partial charge is 0.326 e. The Morgan fingerprint density at radius 3 is 2.25 bits per heavy atom. The molecular weight excluding hydrogens is 341 g/mol. The van der Waals surface area contributed by atoms with E-state index in [9.17, 15) is 27.7 Å². The van der Waals surface area contributed by atoms with E-state index in [0.29, 0.717) is 17.8 Å². The summed E-state index contributed by atoms with van der Waals surface area (Å²) in [6.45, 7) is 1.33. The van der Waals surface area contributed by atoms with E-state index in [-0.39, 0.29) is 11.6 Å². The van der Waals surface area contributed by atoms with Crippen molar-refractivity contribution in [1.29, 1.82) is 0 Å². The number of benzene rings is 2. The van der Waals surface area contributed by atoms with Crippen LogP contribution in [0.15, 0.2) is 47.4 Å². The molecule has 0 spiro atoms. The summed E-state index contributed by atoms with van der Waals surface area (Å²) in [5.41, 5.74) is -0.280. The Morgan fingerprint density at radius 1 is 1.12 bits per heavy atom. The highest BCUT2D eigenvalue weighted by atomic mass is 32.2. The first-order chi connectivity index (χ1) is 11.2. The molecule has 0 bridgehead atoms. The topological polar surface area (TPSA) is 118 Å². The molecule has 0 aliphatic rings. The molecule has 2 aromatic carbocycles. The summed E-state index contributed by atoms with van der Waals surface area (Å²) >= 11 is 0. The van der Waals surface area contributed by atoms with Crippen molar-refractivity contribution >= 4 is 33.0 Å². The van der Waals surface area contributed by atoms with Gasteiger partial charge in [-0.3, -0.25) is 19.6 Å². The maximum atomic E-state index is 13.3. The van der Waals surface area contributed by atoms with Gasteiger partial charge in [-0.2, -0.15) is 4.39 Å². The highest BCUT2D eigenvalue weighted by Crippen LogP contribution is 2.24. The third kappa shape index (κ3) is 4.04. The zero-order valence-electron chi connectivity index (χ0n) is 12.3. The minimum absolute atomic E-state index is 0.177. The second-order valence-corrected chi connectivity index (χ2v) is 6.42. The van der Waals surface area contributed by atoms with Crippen LogP contribution in [0.5, 0.6) is 0 Å². The predicted octanol–water partition coefficient (Wildman–Crippen LogP) is 2.49. The van der Waals surface area contributed by atoms with Crippen LogP contribution in [0.3, 0.4) is 0 Å². The maximum absolute atomic E-state index is 13.3. The number of sulfonamides is 1. The Labute approximate surface area is 136 Å². The Bertz CT molecular complexity index is 897. The molecule has 0 aliphatic carbocycles. The summed E-state index contributed by atoms with van der Waals surface area (Å²) in [6, 6.07) is 8.05. The van der Waals surface area contributed by atoms with Crippen LogP contribution in [0.25, 0.3) is 0 Å². The van der Waals surface area contributed by atoms with Gasteiger partial charge >= 0.3 is 5.69 Å². The van der Waals surface area contributed by atoms with E-state index in [1.165, 1.54) is 31.2 Å². The first-order valence-electron chi connectivity index (χ1n) is 6.53. The fourth-order valence-electron chi connectivity index (χ4n) is 1.84. The molecule has 2 rings (SSSR count). The van der Waals surface area contributed by atoms with Gasteiger partial charge in [0.05, 0.1) is 9.82 Å². The minimum Gasteiger partial charge on any atom is -0.326 e. The average molecular weight is 353 g/mol. The molecule has 10 heteroatoms. The van der Waals surface area contributed by atoms with Crippen molar-refractivity contribution in [3.63, 3.8) is 0 Å². The molecule has 0 radical (unpaired) electrons. The zero-order valence-corrected chi connectivity index (χ0v) is 13.1. The van der Waals surface area contributed by atoms with E-state index in [1.807, 2.05) is 0 Å². The summed E-state index contributed by atoms with van der Waals surface area (Å²) in [7, 11) is -4.13. The normalized spacial score (nSPS) is 10.9. The number of anilines is 2. The highest BCUT2D eigenvalue weighted by molar-refractivity contribution is 7.92. The van der Waals surface area contributed by atoms with E-state index >= 15 is 0 Å². The molecule has 0 fully saturated rings. The Hall–Kier alpha value is -3.01. The second kappa shape index (κ2) is 6.62. The van der Waals surface area contributed by atoms with Gasteiger partial charge in [-0.05, 0) is 36.4 Å². The monoisotopic (exact) mass is 353 g/mol. The van der Waals surface area contributed by atoms with E-state index in [0.717, 1.165) is 6.07 Å². The Morgan fingerprint density at radius 2 is 1.71 bits per heavy atom. The number of hydrogen-bond donors (Lipinski definition) is 2. The molecule has 0 atom stereocenters. The molecule has 126 valence electrons. The van der Waals surface area contributed by atoms with Gasteiger partial charge in [0.15, 0.2) is 0 Å². The third-order valence-corrected chi connectivity index (χ3v) is 4.26. The van der Waals surface area contributed by atoms with Gasteiger partial charge in [-0.15, -0.1) is 0 Å². The summed E-state index contributed by atoms with van der Waals surface area (Å²) in [4.78, 5) is 20.2. The van der Waals surface area contributed by atoms with Crippen molar-refractivity contribution < 1.29 is 22.5 Å².